The number of ether oxygens (including phenoxy) is 2. The van der Waals surface area contributed by atoms with Gasteiger partial charge in [0.25, 0.3) is 10.0 Å². The Morgan fingerprint density at radius 1 is 0.972 bits per heavy atom. The van der Waals surface area contributed by atoms with Crippen molar-refractivity contribution in [3.63, 3.8) is 0 Å². The lowest BCUT2D eigenvalue weighted by molar-refractivity contribution is -0.119. The van der Waals surface area contributed by atoms with Crippen LogP contribution in [-0.2, 0) is 21.4 Å². The average molecular weight is 507 g/mol. The number of amides is 1. The first-order valence-corrected chi connectivity index (χ1v) is 12.5. The Balaban J connectivity index is 1.54. The van der Waals surface area contributed by atoms with Crippen LogP contribution in [0.4, 0.5) is 5.69 Å². The van der Waals surface area contributed by atoms with Gasteiger partial charge in [-0.2, -0.15) is 0 Å². The number of methoxy groups -OCH3 is 2. The highest BCUT2D eigenvalue weighted by Crippen LogP contribution is 2.32. The van der Waals surface area contributed by atoms with E-state index >= 15 is 0 Å². The van der Waals surface area contributed by atoms with Crippen LogP contribution in [0.1, 0.15) is 5.56 Å². The summed E-state index contributed by atoms with van der Waals surface area (Å²) in [5, 5.41) is 2.81. The van der Waals surface area contributed by atoms with Gasteiger partial charge in [-0.15, -0.1) is 0 Å². The van der Waals surface area contributed by atoms with E-state index in [-0.39, 0.29) is 17.1 Å². The minimum atomic E-state index is -4.09. The number of nitrogens with one attached hydrogen (secondary N) is 1. The lowest BCUT2D eigenvalue weighted by Crippen LogP contribution is -2.40. The van der Waals surface area contributed by atoms with Crippen molar-refractivity contribution >= 4 is 21.6 Å². The minimum Gasteiger partial charge on any atom is -0.497 e. The van der Waals surface area contributed by atoms with Crippen LogP contribution in [0.3, 0.4) is 0 Å². The molecule has 3 aromatic carbocycles. The van der Waals surface area contributed by atoms with Crippen LogP contribution in [0.25, 0.3) is 5.69 Å². The third-order valence-electron chi connectivity index (χ3n) is 5.52. The van der Waals surface area contributed by atoms with Crippen molar-refractivity contribution in [3.8, 4) is 17.2 Å². The number of benzene rings is 3. The Labute approximate surface area is 210 Å². The number of carbonyl (C=O) groups is 1. The standard InChI is InChI=1S/C26H26N4O5S/c1-34-22-11-13-23(14-12-22)36(32,33)30(24-5-3-4-6-25(24)35-2)18-26(31)28-17-20-7-9-21(10-8-20)29-16-15-27-19-29/h3-16,19H,17-18H2,1-2H3,(H,28,31). The first kappa shape index (κ1) is 24.8. The zero-order chi connectivity index (χ0) is 25.5. The number of sulfonamides is 1. The van der Waals surface area contributed by atoms with Gasteiger partial charge in [0.2, 0.25) is 5.91 Å². The van der Waals surface area contributed by atoms with Gasteiger partial charge in [0, 0.05) is 24.6 Å². The molecule has 4 aromatic rings. The van der Waals surface area contributed by atoms with E-state index in [0.29, 0.717) is 11.5 Å². The first-order valence-electron chi connectivity index (χ1n) is 11.1. The van der Waals surface area contributed by atoms with E-state index < -0.39 is 22.5 Å². The maximum absolute atomic E-state index is 13.6. The molecule has 0 fully saturated rings. The summed E-state index contributed by atoms with van der Waals surface area (Å²) in [6, 6.07) is 20.3. The molecular weight excluding hydrogens is 480 g/mol. The molecule has 9 nitrogen and oxygen atoms in total. The highest BCUT2D eigenvalue weighted by molar-refractivity contribution is 7.92. The molecule has 0 aliphatic carbocycles. The van der Waals surface area contributed by atoms with Gasteiger partial charge >= 0.3 is 0 Å². The summed E-state index contributed by atoms with van der Waals surface area (Å²) in [6.07, 6.45) is 5.24. The lowest BCUT2D eigenvalue weighted by atomic mass is 10.2. The number of para-hydroxylation sites is 2. The van der Waals surface area contributed by atoms with Crippen LogP contribution >= 0.6 is 0 Å². The second kappa shape index (κ2) is 11.0. The second-order valence-electron chi connectivity index (χ2n) is 7.77. The van der Waals surface area contributed by atoms with Gasteiger partial charge in [0.1, 0.15) is 18.0 Å². The Morgan fingerprint density at radius 3 is 2.33 bits per heavy atom. The van der Waals surface area contributed by atoms with E-state index in [4.69, 9.17) is 9.47 Å². The van der Waals surface area contributed by atoms with E-state index in [1.165, 1.54) is 26.4 Å². The smallest absolute Gasteiger partial charge is 0.264 e. The predicted octanol–water partition coefficient (Wildman–Crippen LogP) is 3.40. The number of carbonyl (C=O) groups excluding carboxylic acids is 1. The van der Waals surface area contributed by atoms with Crippen LogP contribution in [-0.4, -0.2) is 44.6 Å². The third kappa shape index (κ3) is 5.49. The van der Waals surface area contributed by atoms with Gasteiger partial charge in [0.15, 0.2) is 0 Å². The monoisotopic (exact) mass is 506 g/mol. The van der Waals surface area contributed by atoms with Crippen molar-refractivity contribution in [1.82, 2.24) is 14.9 Å². The zero-order valence-electron chi connectivity index (χ0n) is 19.9. The van der Waals surface area contributed by atoms with Crippen LogP contribution in [0.15, 0.2) is 96.4 Å². The predicted molar refractivity (Wildman–Crippen MR) is 136 cm³/mol. The summed E-state index contributed by atoms with van der Waals surface area (Å²) in [7, 11) is -1.14. The molecule has 0 saturated carbocycles. The van der Waals surface area contributed by atoms with Crippen molar-refractivity contribution in [2.75, 3.05) is 25.1 Å². The summed E-state index contributed by atoms with van der Waals surface area (Å²) in [4.78, 5) is 17.0. The Morgan fingerprint density at radius 2 is 1.69 bits per heavy atom. The number of hydrogen-bond donors (Lipinski definition) is 1. The number of aromatic nitrogens is 2. The molecule has 1 heterocycles. The molecule has 0 radical (unpaired) electrons. The fourth-order valence-corrected chi connectivity index (χ4v) is 5.03. The van der Waals surface area contributed by atoms with Crippen LogP contribution in [0.2, 0.25) is 0 Å². The van der Waals surface area contributed by atoms with E-state index in [9.17, 15) is 13.2 Å². The quantitative estimate of drug-likeness (QED) is 0.354. The summed E-state index contributed by atoms with van der Waals surface area (Å²) >= 11 is 0. The minimum absolute atomic E-state index is 0.0251. The Hall–Kier alpha value is -4.31. The molecule has 0 spiro atoms. The number of hydrogen-bond acceptors (Lipinski definition) is 6. The fourth-order valence-electron chi connectivity index (χ4n) is 3.60. The van der Waals surface area contributed by atoms with Crippen molar-refractivity contribution in [1.29, 1.82) is 0 Å². The lowest BCUT2D eigenvalue weighted by Gasteiger charge is -2.25. The molecule has 0 aliphatic rings. The highest BCUT2D eigenvalue weighted by atomic mass is 32.2. The van der Waals surface area contributed by atoms with Gasteiger partial charge in [-0.1, -0.05) is 24.3 Å². The van der Waals surface area contributed by atoms with Gasteiger partial charge < -0.3 is 19.4 Å². The summed E-state index contributed by atoms with van der Waals surface area (Å²) < 4.78 is 40.6. The normalized spacial score (nSPS) is 11.1. The van der Waals surface area contributed by atoms with Gasteiger partial charge in [-0.3, -0.25) is 9.10 Å². The van der Waals surface area contributed by atoms with Crippen molar-refractivity contribution in [2.24, 2.45) is 0 Å². The maximum atomic E-state index is 13.6. The first-order chi connectivity index (χ1) is 17.4. The SMILES string of the molecule is COc1ccc(S(=O)(=O)N(CC(=O)NCc2ccc(-n3ccnc3)cc2)c2ccccc2OC)cc1. The molecule has 1 aromatic heterocycles. The fraction of sp³-hybridized carbons (Fsp3) is 0.154. The molecule has 0 aliphatic heterocycles. The van der Waals surface area contributed by atoms with Crippen molar-refractivity contribution in [3.05, 3.63) is 97.1 Å². The molecule has 1 N–H and O–H groups in total. The zero-order valence-corrected chi connectivity index (χ0v) is 20.7. The largest absolute Gasteiger partial charge is 0.497 e. The Kier molecular flexibility index (Phi) is 7.55. The average Bonchev–Trinajstić information content (AvgIpc) is 3.46. The molecule has 0 atom stereocenters. The highest BCUT2D eigenvalue weighted by Gasteiger charge is 2.29. The molecule has 10 heteroatoms. The number of nitrogens with zero attached hydrogens (tertiary/aromatic N) is 3. The van der Waals surface area contributed by atoms with E-state index in [1.54, 1.807) is 48.9 Å². The molecule has 4 rings (SSSR count). The van der Waals surface area contributed by atoms with Crippen LogP contribution < -0.4 is 19.1 Å². The molecular formula is C26H26N4O5S. The molecule has 186 valence electrons. The summed E-state index contributed by atoms with van der Waals surface area (Å²) in [6.45, 7) is -0.187. The Bertz CT molecular complexity index is 1400. The third-order valence-corrected chi connectivity index (χ3v) is 7.29. The van der Waals surface area contributed by atoms with Crippen LogP contribution in [0, 0.1) is 0 Å². The second-order valence-corrected chi connectivity index (χ2v) is 9.63. The number of rotatable bonds is 10. The van der Waals surface area contributed by atoms with E-state index in [1.807, 2.05) is 35.0 Å². The van der Waals surface area contributed by atoms with Crippen molar-refractivity contribution in [2.45, 2.75) is 11.4 Å². The molecule has 36 heavy (non-hydrogen) atoms. The van der Waals surface area contributed by atoms with Crippen molar-refractivity contribution < 1.29 is 22.7 Å². The molecule has 0 saturated heterocycles. The van der Waals surface area contributed by atoms with Gasteiger partial charge in [-0.05, 0) is 54.1 Å². The summed E-state index contributed by atoms with van der Waals surface area (Å²) in [5.74, 6) is 0.392. The number of imidazole rings is 1. The maximum Gasteiger partial charge on any atom is 0.264 e. The van der Waals surface area contributed by atoms with Gasteiger partial charge in [-0.25, -0.2) is 13.4 Å². The van der Waals surface area contributed by atoms with E-state index in [2.05, 4.69) is 10.3 Å². The molecule has 1 amide bonds. The molecule has 0 unspecified atom stereocenters. The van der Waals surface area contributed by atoms with Gasteiger partial charge in [0.05, 0.1) is 31.1 Å². The molecule has 0 bridgehead atoms. The number of anilines is 1. The topological polar surface area (TPSA) is 103 Å². The van der Waals surface area contributed by atoms with Crippen LogP contribution in [0.5, 0.6) is 11.5 Å². The summed E-state index contributed by atoms with van der Waals surface area (Å²) in [5.41, 5.74) is 2.07. The van der Waals surface area contributed by atoms with E-state index in [0.717, 1.165) is 15.6 Å².